The summed E-state index contributed by atoms with van der Waals surface area (Å²) in [7, 11) is 0. The average molecular weight is 323 g/mol. The largest absolute Gasteiger partial charge is 0.457 e. The van der Waals surface area contributed by atoms with Crippen LogP contribution < -0.4 is 10.1 Å². The van der Waals surface area contributed by atoms with Crippen LogP contribution >= 0.6 is 0 Å². The fraction of sp³-hybridized carbons (Fsp3) is 0.350. The second-order valence-corrected chi connectivity index (χ2v) is 6.37. The molecule has 1 amide bonds. The predicted octanol–water partition coefficient (Wildman–Crippen LogP) is 3.61. The molecule has 1 fully saturated rings. The summed E-state index contributed by atoms with van der Waals surface area (Å²) in [6.07, 6.45) is 2.71. The van der Waals surface area contributed by atoms with Crippen LogP contribution in [0.1, 0.15) is 36.3 Å². The van der Waals surface area contributed by atoms with Crippen molar-refractivity contribution in [1.82, 2.24) is 5.32 Å². The van der Waals surface area contributed by atoms with E-state index in [1.807, 2.05) is 48.5 Å². The van der Waals surface area contributed by atoms with Crippen molar-refractivity contribution in [2.45, 2.75) is 31.3 Å². The number of carbonyl (C=O) groups is 1. The first kappa shape index (κ1) is 15.2. The van der Waals surface area contributed by atoms with E-state index in [4.69, 9.17) is 9.47 Å². The summed E-state index contributed by atoms with van der Waals surface area (Å²) in [6.45, 7) is 1.41. The number of ether oxygens (including phenoxy) is 2. The van der Waals surface area contributed by atoms with Gasteiger partial charge in [-0.05, 0) is 25.0 Å². The van der Waals surface area contributed by atoms with E-state index in [1.165, 1.54) is 0 Å². The number of hydrogen-bond acceptors (Lipinski definition) is 3. The van der Waals surface area contributed by atoms with Crippen molar-refractivity contribution < 1.29 is 14.3 Å². The van der Waals surface area contributed by atoms with Gasteiger partial charge in [-0.25, -0.2) is 0 Å². The molecule has 0 aromatic heterocycles. The van der Waals surface area contributed by atoms with Crippen LogP contribution in [0.5, 0.6) is 11.5 Å². The fourth-order valence-electron chi connectivity index (χ4n) is 3.52. The first-order valence-electron chi connectivity index (χ1n) is 8.55. The molecule has 0 spiro atoms. The number of hydrogen-bond donors (Lipinski definition) is 1. The summed E-state index contributed by atoms with van der Waals surface area (Å²) in [4.78, 5) is 12.5. The van der Waals surface area contributed by atoms with Crippen molar-refractivity contribution in [2.75, 3.05) is 13.2 Å². The zero-order valence-corrected chi connectivity index (χ0v) is 13.5. The summed E-state index contributed by atoms with van der Waals surface area (Å²) in [5.41, 5.74) is 2.15. The van der Waals surface area contributed by atoms with Gasteiger partial charge >= 0.3 is 0 Å². The molecular weight excluding hydrogens is 302 g/mol. The molecule has 2 heterocycles. The zero-order chi connectivity index (χ0) is 16.4. The van der Waals surface area contributed by atoms with Crippen LogP contribution in [0.3, 0.4) is 0 Å². The Balaban J connectivity index is 1.52. The van der Waals surface area contributed by atoms with Gasteiger partial charge in [-0.2, -0.15) is 0 Å². The zero-order valence-electron chi connectivity index (χ0n) is 13.5. The molecule has 2 aliphatic heterocycles. The van der Waals surface area contributed by atoms with Gasteiger partial charge in [0, 0.05) is 36.6 Å². The molecule has 4 heteroatoms. The van der Waals surface area contributed by atoms with Crippen LogP contribution in [0.4, 0.5) is 0 Å². The van der Waals surface area contributed by atoms with Gasteiger partial charge in [0.1, 0.15) is 11.5 Å². The standard InChI is InChI=1S/C20H21NO3/c22-20(21-13-14-6-5-11-23-14)12-17-15-7-1-3-9-18(15)24-19-10-4-2-8-16(17)19/h1-4,7-10,14,17H,5-6,11-13H2,(H,21,22)/t14-/m1/s1. The van der Waals surface area contributed by atoms with Gasteiger partial charge in [0.25, 0.3) is 0 Å². The maximum atomic E-state index is 12.5. The molecule has 24 heavy (non-hydrogen) atoms. The van der Waals surface area contributed by atoms with Gasteiger partial charge in [-0.1, -0.05) is 36.4 Å². The number of carbonyl (C=O) groups excluding carboxylic acids is 1. The summed E-state index contributed by atoms with van der Waals surface area (Å²) >= 11 is 0. The molecule has 1 saturated heterocycles. The highest BCUT2D eigenvalue weighted by Crippen LogP contribution is 2.45. The molecule has 0 aliphatic carbocycles. The van der Waals surface area contributed by atoms with E-state index in [9.17, 15) is 4.79 Å². The first-order valence-corrected chi connectivity index (χ1v) is 8.55. The highest BCUT2D eigenvalue weighted by atomic mass is 16.5. The minimum absolute atomic E-state index is 0.0237. The molecule has 124 valence electrons. The SMILES string of the molecule is O=C(CC1c2ccccc2Oc2ccccc21)NC[C@H]1CCCO1. The molecule has 0 radical (unpaired) electrons. The minimum Gasteiger partial charge on any atom is -0.457 e. The number of rotatable bonds is 4. The van der Waals surface area contributed by atoms with Crippen molar-refractivity contribution >= 4 is 5.91 Å². The van der Waals surface area contributed by atoms with Crippen molar-refractivity contribution in [3.63, 3.8) is 0 Å². The molecule has 2 aromatic rings. The maximum absolute atomic E-state index is 12.5. The third-order valence-corrected chi connectivity index (χ3v) is 4.75. The Morgan fingerprint density at radius 2 is 1.71 bits per heavy atom. The predicted molar refractivity (Wildman–Crippen MR) is 91.4 cm³/mol. The van der Waals surface area contributed by atoms with Crippen LogP contribution in [0, 0.1) is 0 Å². The summed E-state index contributed by atoms with van der Waals surface area (Å²) in [5.74, 6) is 1.76. The number of para-hydroxylation sites is 2. The summed E-state index contributed by atoms with van der Waals surface area (Å²) in [6, 6.07) is 15.9. The van der Waals surface area contributed by atoms with Crippen molar-refractivity contribution in [3.8, 4) is 11.5 Å². The van der Waals surface area contributed by atoms with E-state index in [2.05, 4.69) is 5.32 Å². The Labute approximate surface area is 141 Å². The number of fused-ring (bicyclic) bond motifs is 2. The number of benzene rings is 2. The third kappa shape index (κ3) is 3.02. The van der Waals surface area contributed by atoms with Crippen LogP contribution in [0.25, 0.3) is 0 Å². The quantitative estimate of drug-likeness (QED) is 0.935. The highest BCUT2D eigenvalue weighted by molar-refractivity contribution is 5.78. The Hall–Kier alpha value is -2.33. The van der Waals surface area contributed by atoms with E-state index in [0.717, 1.165) is 42.1 Å². The second kappa shape index (κ2) is 6.65. The van der Waals surface area contributed by atoms with E-state index in [-0.39, 0.29) is 17.9 Å². The third-order valence-electron chi connectivity index (χ3n) is 4.75. The average Bonchev–Trinajstić information content (AvgIpc) is 3.13. The smallest absolute Gasteiger partial charge is 0.221 e. The van der Waals surface area contributed by atoms with Crippen LogP contribution in [-0.2, 0) is 9.53 Å². The van der Waals surface area contributed by atoms with Crippen molar-refractivity contribution in [1.29, 1.82) is 0 Å². The van der Waals surface area contributed by atoms with Gasteiger partial charge < -0.3 is 14.8 Å². The molecule has 2 aliphatic rings. The molecule has 1 atom stereocenters. The lowest BCUT2D eigenvalue weighted by Crippen LogP contribution is -2.33. The Bertz CT molecular complexity index is 692. The molecule has 1 N–H and O–H groups in total. The Kier molecular flexibility index (Phi) is 4.22. The molecule has 0 unspecified atom stereocenters. The summed E-state index contributed by atoms with van der Waals surface area (Å²) < 4.78 is 11.5. The number of amides is 1. The van der Waals surface area contributed by atoms with Gasteiger partial charge in [-0.3, -0.25) is 4.79 Å². The van der Waals surface area contributed by atoms with Gasteiger partial charge in [-0.15, -0.1) is 0 Å². The second-order valence-electron chi connectivity index (χ2n) is 6.37. The van der Waals surface area contributed by atoms with Crippen LogP contribution in [0.2, 0.25) is 0 Å². The normalized spacial score (nSPS) is 19.2. The first-order chi connectivity index (χ1) is 11.8. The summed E-state index contributed by atoms with van der Waals surface area (Å²) in [5, 5.41) is 3.03. The highest BCUT2D eigenvalue weighted by Gasteiger charge is 2.28. The van der Waals surface area contributed by atoms with E-state index in [0.29, 0.717) is 13.0 Å². The van der Waals surface area contributed by atoms with Gasteiger partial charge in [0.2, 0.25) is 5.91 Å². The van der Waals surface area contributed by atoms with E-state index in [1.54, 1.807) is 0 Å². The number of nitrogens with one attached hydrogen (secondary N) is 1. The molecule has 4 rings (SSSR count). The lowest BCUT2D eigenvalue weighted by atomic mass is 9.85. The van der Waals surface area contributed by atoms with Gasteiger partial charge in [0.05, 0.1) is 6.10 Å². The minimum atomic E-state index is 0.0237. The maximum Gasteiger partial charge on any atom is 0.221 e. The van der Waals surface area contributed by atoms with Crippen LogP contribution in [-0.4, -0.2) is 25.2 Å². The molecule has 0 bridgehead atoms. The van der Waals surface area contributed by atoms with Crippen LogP contribution in [0.15, 0.2) is 48.5 Å². The topological polar surface area (TPSA) is 47.6 Å². The molecule has 4 nitrogen and oxygen atoms in total. The fourth-order valence-corrected chi connectivity index (χ4v) is 3.52. The van der Waals surface area contributed by atoms with E-state index >= 15 is 0 Å². The molecule has 2 aromatic carbocycles. The molecular formula is C20H21NO3. The lowest BCUT2D eigenvalue weighted by Gasteiger charge is -2.28. The van der Waals surface area contributed by atoms with Crippen molar-refractivity contribution in [3.05, 3.63) is 59.7 Å². The Morgan fingerprint density at radius 1 is 1.04 bits per heavy atom. The monoisotopic (exact) mass is 323 g/mol. The van der Waals surface area contributed by atoms with Crippen molar-refractivity contribution in [2.24, 2.45) is 0 Å². The molecule has 0 saturated carbocycles. The van der Waals surface area contributed by atoms with E-state index < -0.39 is 0 Å². The van der Waals surface area contributed by atoms with Gasteiger partial charge in [0.15, 0.2) is 0 Å². The Morgan fingerprint density at radius 3 is 2.33 bits per heavy atom. The lowest BCUT2D eigenvalue weighted by molar-refractivity contribution is -0.121.